The van der Waals surface area contributed by atoms with E-state index in [0.717, 1.165) is 22.4 Å². The van der Waals surface area contributed by atoms with Crippen molar-refractivity contribution in [3.05, 3.63) is 111 Å². The quantitative estimate of drug-likeness (QED) is 0.379. The van der Waals surface area contributed by atoms with E-state index in [1.165, 1.54) is 12.4 Å². The second-order valence-corrected chi connectivity index (χ2v) is 8.47. The molecule has 6 rings (SSSR count). The van der Waals surface area contributed by atoms with E-state index in [4.69, 9.17) is 27.9 Å². The van der Waals surface area contributed by atoms with E-state index in [-0.39, 0.29) is 5.82 Å². The van der Waals surface area contributed by atoms with Crippen molar-refractivity contribution in [1.82, 2.24) is 14.8 Å². The van der Waals surface area contributed by atoms with E-state index in [9.17, 15) is 0 Å². The van der Waals surface area contributed by atoms with E-state index in [0.29, 0.717) is 27.3 Å². The van der Waals surface area contributed by atoms with E-state index in [2.05, 4.69) is 15.4 Å². The molecule has 0 saturated carbocycles. The molecule has 8 heteroatoms. The van der Waals surface area contributed by atoms with Gasteiger partial charge in [0.1, 0.15) is 30.0 Å². The molecule has 1 N–H and O–H groups in total. The number of benzene rings is 3. The Morgan fingerprint density at radius 1 is 0.969 bits per heavy atom. The zero-order chi connectivity index (χ0) is 21.8. The summed E-state index contributed by atoms with van der Waals surface area (Å²) in [5.41, 5.74) is 3.66. The van der Waals surface area contributed by atoms with Crippen molar-refractivity contribution in [2.45, 2.75) is 12.1 Å². The van der Waals surface area contributed by atoms with Crippen LogP contribution in [0.1, 0.15) is 28.8 Å². The number of hydrogen-bond acceptors (Lipinski definition) is 4. The first kappa shape index (κ1) is 19.3. The highest BCUT2D eigenvalue weighted by molar-refractivity contribution is 6.31. The molecule has 2 aliphatic rings. The highest BCUT2D eigenvalue weighted by atomic mass is 35.5. The van der Waals surface area contributed by atoms with Crippen LogP contribution in [-0.2, 0) is 0 Å². The van der Waals surface area contributed by atoms with Crippen molar-refractivity contribution in [2.75, 3.05) is 5.32 Å². The van der Waals surface area contributed by atoms with E-state index < -0.39 is 12.1 Å². The van der Waals surface area contributed by atoms with E-state index in [1.807, 2.05) is 30.3 Å². The summed E-state index contributed by atoms with van der Waals surface area (Å²) in [5.74, 6) is 0.829. The van der Waals surface area contributed by atoms with Crippen molar-refractivity contribution in [3.8, 4) is 5.75 Å². The Balaban J connectivity index is 1.67. The van der Waals surface area contributed by atoms with Gasteiger partial charge in [-0.25, -0.2) is 9.07 Å². The van der Waals surface area contributed by atoms with Crippen molar-refractivity contribution < 1.29 is 9.13 Å². The Hall–Kier alpha value is -3.35. The predicted octanol–water partition coefficient (Wildman–Crippen LogP) is 6.28. The van der Waals surface area contributed by atoms with Gasteiger partial charge in [-0.15, -0.1) is 0 Å². The number of nitrogens with zero attached hydrogens (tertiary/aromatic N) is 3. The topological polar surface area (TPSA) is 52.0 Å². The van der Waals surface area contributed by atoms with Gasteiger partial charge in [-0.05, 0) is 42.0 Å². The maximum atomic E-state index is 15.1. The highest BCUT2D eigenvalue weighted by Crippen LogP contribution is 2.51. The van der Waals surface area contributed by atoms with Gasteiger partial charge in [0.05, 0.1) is 5.70 Å². The number of anilines is 1. The Morgan fingerprint density at radius 3 is 2.66 bits per heavy atom. The Bertz CT molecular complexity index is 1400. The summed E-state index contributed by atoms with van der Waals surface area (Å²) < 4.78 is 23.3. The van der Waals surface area contributed by atoms with Gasteiger partial charge in [-0.3, -0.25) is 0 Å². The van der Waals surface area contributed by atoms with Crippen LogP contribution in [-0.4, -0.2) is 14.8 Å². The van der Waals surface area contributed by atoms with Crippen LogP contribution >= 0.6 is 23.2 Å². The molecule has 0 spiro atoms. The minimum Gasteiger partial charge on any atom is -0.480 e. The average Bonchev–Trinajstić information content (AvgIpc) is 3.26. The lowest BCUT2D eigenvalue weighted by molar-refractivity contribution is 0.222. The summed E-state index contributed by atoms with van der Waals surface area (Å²) in [6.07, 6.45) is 0.912. The SMILES string of the molecule is Fc1ccccc1[C@H]1C2=C(Nc3ncnn31)c1cc(Cl)ccc1O[C@H]2c1cccc(Cl)c1. The molecule has 2 atom stereocenters. The molecule has 0 saturated heterocycles. The summed E-state index contributed by atoms with van der Waals surface area (Å²) in [6.45, 7) is 0. The molecule has 0 bridgehead atoms. The molecule has 32 heavy (non-hydrogen) atoms. The van der Waals surface area contributed by atoms with Crippen LogP contribution in [0.4, 0.5) is 10.3 Å². The third kappa shape index (κ3) is 2.98. The lowest BCUT2D eigenvalue weighted by Crippen LogP contribution is -2.32. The number of halogens is 3. The molecule has 158 valence electrons. The molecule has 1 aromatic heterocycles. The standard InChI is InChI=1S/C24H15Cl2FN4O/c25-14-5-3-4-13(10-14)23-20-21(17-11-15(26)8-9-19(17)32-23)30-24-28-12-29-31(24)22(20)16-6-1-2-7-18(16)27/h1-12,22-23H,(H,28,29,30)/t22-,23-/m0/s1. The van der Waals surface area contributed by atoms with Crippen LogP contribution in [0.3, 0.4) is 0 Å². The number of aromatic nitrogens is 3. The molecule has 5 nitrogen and oxygen atoms in total. The lowest BCUT2D eigenvalue weighted by Gasteiger charge is -2.39. The molecule has 0 unspecified atom stereocenters. The van der Waals surface area contributed by atoms with Gasteiger partial charge in [0.25, 0.3) is 0 Å². The van der Waals surface area contributed by atoms with Crippen LogP contribution < -0.4 is 10.1 Å². The smallest absolute Gasteiger partial charge is 0.226 e. The number of rotatable bonds is 2. The average molecular weight is 465 g/mol. The second-order valence-electron chi connectivity index (χ2n) is 7.60. The lowest BCUT2D eigenvalue weighted by atomic mass is 9.84. The maximum absolute atomic E-state index is 15.1. The zero-order valence-electron chi connectivity index (χ0n) is 16.5. The fourth-order valence-electron chi connectivity index (χ4n) is 4.38. The van der Waals surface area contributed by atoms with Gasteiger partial charge in [-0.2, -0.15) is 10.1 Å². The summed E-state index contributed by atoms with van der Waals surface area (Å²) in [4.78, 5) is 4.35. The molecule has 4 aromatic rings. The number of nitrogens with one attached hydrogen (secondary N) is 1. The Kier molecular flexibility index (Phi) is 4.45. The van der Waals surface area contributed by atoms with Gasteiger partial charge in [0.2, 0.25) is 5.95 Å². The van der Waals surface area contributed by atoms with Crippen molar-refractivity contribution in [3.63, 3.8) is 0 Å². The summed E-state index contributed by atoms with van der Waals surface area (Å²) in [5, 5.41) is 8.92. The molecule has 0 amide bonds. The fraction of sp³-hybridized carbons (Fsp3) is 0.0833. The zero-order valence-corrected chi connectivity index (χ0v) is 18.0. The fourth-order valence-corrected chi connectivity index (χ4v) is 4.75. The van der Waals surface area contributed by atoms with Gasteiger partial charge in [0.15, 0.2) is 0 Å². The first-order chi connectivity index (χ1) is 15.6. The molecular formula is C24H15Cl2FN4O. The predicted molar refractivity (Wildman–Crippen MR) is 121 cm³/mol. The molecular weight excluding hydrogens is 450 g/mol. The highest BCUT2D eigenvalue weighted by Gasteiger charge is 2.41. The van der Waals surface area contributed by atoms with Crippen LogP contribution in [0.15, 0.2) is 78.6 Å². The molecule has 2 aliphatic heterocycles. The first-order valence-corrected chi connectivity index (χ1v) is 10.7. The van der Waals surface area contributed by atoms with Crippen molar-refractivity contribution >= 4 is 34.8 Å². The van der Waals surface area contributed by atoms with Crippen molar-refractivity contribution in [2.24, 2.45) is 0 Å². The number of hydrogen-bond donors (Lipinski definition) is 1. The third-order valence-electron chi connectivity index (χ3n) is 5.73. The molecule has 0 fully saturated rings. The van der Waals surface area contributed by atoms with Gasteiger partial charge >= 0.3 is 0 Å². The first-order valence-electron chi connectivity index (χ1n) is 9.97. The minimum atomic E-state index is -0.582. The van der Waals surface area contributed by atoms with E-state index >= 15 is 4.39 Å². The maximum Gasteiger partial charge on any atom is 0.226 e. The number of fused-ring (bicyclic) bond motifs is 3. The molecule has 0 radical (unpaired) electrons. The van der Waals surface area contributed by atoms with Gasteiger partial charge < -0.3 is 10.1 Å². The van der Waals surface area contributed by atoms with Crippen LogP contribution in [0.2, 0.25) is 10.0 Å². The number of ether oxygens (including phenoxy) is 1. The summed E-state index contributed by atoms with van der Waals surface area (Å²) in [6, 6.07) is 19.0. The monoisotopic (exact) mass is 464 g/mol. The van der Waals surface area contributed by atoms with Gasteiger partial charge in [0, 0.05) is 26.7 Å². The molecule has 0 aliphatic carbocycles. The third-order valence-corrected chi connectivity index (χ3v) is 6.20. The summed E-state index contributed by atoms with van der Waals surface area (Å²) in [7, 11) is 0. The largest absolute Gasteiger partial charge is 0.480 e. The molecule has 3 heterocycles. The Morgan fingerprint density at radius 2 is 1.81 bits per heavy atom. The van der Waals surface area contributed by atoms with Crippen LogP contribution in [0.5, 0.6) is 5.75 Å². The van der Waals surface area contributed by atoms with Gasteiger partial charge in [-0.1, -0.05) is 53.5 Å². The van der Waals surface area contributed by atoms with Crippen molar-refractivity contribution in [1.29, 1.82) is 0 Å². The Labute approximate surface area is 193 Å². The second kappa shape index (κ2) is 7.36. The molecule has 3 aromatic carbocycles. The normalized spacial score (nSPS) is 18.8. The van der Waals surface area contributed by atoms with E-state index in [1.54, 1.807) is 35.0 Å². The van der Waals surface area contributed by atoms with Crippen LogP contribution in [0, 0.1) is 5.82 Å². The minimum absolute atomic E-state index is 0.338. The van der Waals surface area contributed by atoms with Crippen LogP contribution in [0.25, 0.3) is 5.70 Å². The summed E-state index contributed by atoms with van der Waals surface area (Å²) >= 11 is 12.6.